The van der Waals surface area contributed by atoms with Crippen LogP contribution >= 0.6 is 11.8 Å². The zero-order valence-corrected chi connectivity index (χ0v) is 13.7. The molecule has 2 aliphatic heterocycles. The molecule has 0 unspecified atom stereocenters. The number of hydrogen-bond donors (Lipinski definition) is 2. The molecule has 3 aliphatic rings. The quantitative estimate of drug-likeness (QED) is 0.750. The van der Waals surface area contributed by atoms with E-state index >= 15 is 0 Å². The van der Waals surface area contributed by atoms with Crippen LogP contribution in [0.3, 0.4) is 0 Å². The molecule has 3 fully saturated rings. The number of thioether (sulfide) groups is 1. The summed E-state index contributed by atoms with van der Waals surface area (Å²) in [7, 11) is 0. The second-order valence-electron chi connectivity index (χ2n) is 6.44. The summed E-state index contributed by atoms with van der Waals surface area (Å²) in [6.45, 7) is 1.67. The molecule has 0 radical (unpaired) electrons. The number of amides is 2. The van der Waals surface area contributed by atoms with Gasteiger partial charge in [0, 0.05) is 6.42 Å². The number of hydrogen-bond acceptors (Lipinski definition) is 5. The summed E-state index contributed by atoms with van der Waals surface area (Å²) in [5, 5.41) is 11.8. The van der Waals surface area contributed by atoms with E-state index < -0.39 is 28.2 Å². The average Bonchev–Trinajstić information content (AvgIpc) is 3.10. The van der Waals surface area contributed by atoms with Gasteiger partial charge in [0.1, 0.15) is 17.2 Å². The molecule has 24 heavy (non-hydrogen) atoms. The van der Waals surface area contributed by atoms with Gasteiger partial charge in [0.15, 0.2) is 12.1 Å². The van der Waals surface area contributed by atoms with Crippen LogP contribution in [0.25, 0.3) is 0 Å². The number of para-hydroxylation sites is 1. The van der Waals surface area contributed by atoms with Crippen LogP contribution in [0.2, 0.25) is 0 Å². The van der Waals surface area contributed by atoms with Crippen molar-refractivity contribution in [2.75, 3.05) is 6.61 Å². The highest BCUT2D eigenvalue weighted by Crippen LogP contribution is 2.71. The van der Waals surface area contributed by atoms with Crippen molar-refractivity contribution in [2.24, 2.45) is 0 Å². The van der Waals surface area contributed by atoms with Crippen molar-refractivity contribution in [2.45, 2.75) is 35.0 Å². The summed E-state index contributed by atoms with van der Waals surface area (Å²) in [5.74, 6) is -1.12. The first-order valence-corrected chi connectivity index (χ1v) is 8.49. The molecule has 2 N–H and O–H groups in total. The lowest BCUT2D eigenvalue weighted by Crippen LogP contribution is -2.72. The number of fused-ring (bicyclic) bond motifs is 3. The summed E-state index contributed by atoms with van der Waals surface area (Å²) in [5.41, 5.74) is -1.10. The molecular weight excluding hydrogens is 332 g/mol. The Kier molecular flexibility index (Phi) is 3.12. The van der Waals surface area contributed by atoms with Crippen molar-refractivity contribution in [3.8, 4) is 5.75 Å². The maximum Gasteiger partial charge on any atom is 0.331 e. The van der Waals surface area contributed by atoms with Crippen molar-refractivity contribution in [3.63, 3.8) is 0 Å². The molecule has 4 rings (SSSR count). The van der Waals surface area contributed by atoms with E-state index in [-0.39, 0.29) is 17.9 Å². The number of rotatable bonds is 5. The molecule has 0 aromatic heterocycles. The zero-order valence-electron chi connectivity index (χ0n) is 12.9. The van der Waals surface area contributed by atoms with Gasteiger partial charge in [0.25, 0.3) is 5.91 Å². The van der Waals surface area contributed by atoms with E-state index in [4.69, 9.17) is 4.74 Å². The molecule has 1 aromatic rings. The lowest BCUT2D eigenvalue weighted by Gasteiger charge is -2.45. The van der Waals surface area contributed by atoms with E-state index in [1.807, 2.05) is 13.0 Å². The smallest absolute Gasteiger partial charge is 0.331 e. The van der Waals surface area contributed by atoms with Crippen LogP contribution in [0.15, 0.2) is 30.3 Å². The monoisotopic (exact) mass is 348 g/mol. The van der Waals surface area contributed by atoms with Gasteiger partial charge < -0.3 is 20.1 Å². The lowest BCUT2D eigenvalue weighted by atomic mass is 10.0. The summed E-state index contributed by atoms with van der Waals surface area (Å²) in [4.78, 5) is 37.3. The number of carboxylic acid groups (broad SMARTS) is 1. The van der Waals surface area contributed by atoms with Crippen LogP contribution in [0.5, 0.6) is 5.75 Å². The van der Waals surface area contributed by atoms with Crippen molar-refractivity contribution in [1.82, 2.24) is 10.2 Å². The first-order valence-electron chi connectivity index (χ1n) is 7.61. The third kappa shape index (κ3) is 1.89. The lowest BCUT2D eigenvalue weighted by molar-refractivity contribution is -0.163. The average molecular weight is 348 g/mol. The minimum Gasteiger partial charge on any atom is -0.484 e. The minimum atomic E-state index is -1.10. The molecule has 126 valence electrons. The number of β-lactam (4-membered cyclic amide) rings is 1. The number of carbonyl (C=O) groups is 3. The number of carbonyl (C=O) groups excluding carboxylic acids is 2. The van der Waals surface area contributed by atoms with Gasteiger partial charge in [-0.2, -0.15) is 0 Å². The summed E-state index contributed by atoms with van der Waals surface area (Å²) < 4.78 is 4.89. The minimum absolute atomic E-state index is 0.188. The second-order valence-corrected chi connectivity index (χ2v) is 8.06. The third-order valence-corrected chi connectivity index (χ3v) is 6.69. The van der Waals surface area contributed by atoms with E-state index in [1.165, 1.54) is 16.7 Å². The van der Waals surface area contributed by atoms with Crippen LogP contribution < -0.4 is 10.1 Å². The molecule has 1 aromatic carbocycles. The largest absolute Gasteiger partial charge is 0.484 e. The van der Waals surface area contributed by atoms with Crippen molar-refractivity contribution >= 4 is 29.5 Å². The van der Waals surface area contributed by atoms with Crippen LogP contribution in [-0.2, 0) is 14.4 Å². The maximum atomic E-state index is 12.3. The molecule has 1 aliphatic carbocycles. The Morgan fingerprint density at radius 1 is 1.42 bits per heavy atom. The van der Waals surface area contributed by atoms with Gasteiger partial charge in [0.2, 0.25) is 5.91 Å². The maximum absolute atomic E-state index is 12.3. The van der Waals surface area contributed by atoms with E-state index in [1.54, 1.807) is 24.3 Å². The normalized spacial score (nSPS) is 35.5. The first-order chi connectivity index (χ1) is 11.4. The van der Waals surface area contributed by atoms with Gasteiger partial charge in [-0.05, 0) is 19.1 Å². The molecule has 2 amide bonds. The molecule has 0 spiro atoms. The van der Waals surface area contributed by atoms with E-state index in [0.29, 0.717) is 12.2 Å². The number of nitrogens with one attached hydrogen (secondary N) is 1. The Bertz CT molecular complexity index is 741. The fourth-order valence-corrected chi connectivity index (χ4v) is 5.51. The first kappa shape index (κ1) is 15.3. The van der Waals surface area contributed by atoms with Crippen LogP contribution in [-0.4, -0.2) is 56.1 Å². The summed E-state index contributed by atoms with van der Waals surface area (Å²) in [6, 6.07) is 8.24. The number of carboxylic acids is 1. The Balaban J connectivity index is 1.37. The van der Waals surface area contributed by atoms with Crippen LogP contribution in [0, 0.1) is 0 Å². The van der Waals surface area contributed by atoms with Gasteiger partial charge in [-0.25, -0.2) is 4.79 Å². The highest BCUT2D eigenvalue weighted by Gasteiger charge is 2.85. The van der Waals surface area contributed by atoms with Crippen molar-refractivity contribution < 1.29 is 24.2 Å². The van der Waals surface area contributed by atoms with Crippen LogP contribution in [0.4, 0.5) is 0 Å². The Hall–Kier alpha value is -2.22. The topological polar surface area (TPSA) is 95.9 Å². The Labute approximate surface area is 142 Å². The number of aliphatic carboxylic acids is 1. The van der Waals surface area contributed by atoms with Crippen LogP contribution in [0.1, 0.15) is 13.3 Å². The van der Waals surface area contributed by atoms with E-state index in [0.717, 1.165) is 0 Å². The fourth-order valence-electron chi connectivity index (χ4n) is 3.60. The molecule has 0 bridgehead atoms. The SMILES string of the molecule is C[C@@]12C[C@]1(C(=O)O)N1C(=O)[C@@H](NC(=O)COc3ccccc3)[C@H]1S2. The molecular formula is C16H16N2O5S. The standard InChI is InChI=1S/C16H16N2O5S/c1-15-8-16(15,14(21)22)18-12(20)11(13(18)24-15)17-10(19)7-23-9-5-3-2-4-6-9/h2-6,11,13H,7-8H2,1H3,(H,17,19)(H,21,22)/t11-,13-,15-,16-/m1/s1. The fraction of sp³-hybridized carbons (Fsp3) is 0.438. The highest BCUT2D eigenvalue weighted by atomic mass is 32.2. The zero-order chi connectivity index (χ0) is 17.1. The van der Waals surface area contributed by atoms with E-state index in [9.17, 15) is 19.5 Å². The second kappa shape index (κ2) is 4.89. The van der Waals surface area contributed by atoms with Crippen molar-refractivity contribution in [1.29, 1.82) is 0 Å². The molecule has 2 heterocycles. The summed E-state index contributed by atoms with van der Waals surface area (Å²) >= 11 is 1.46. The Morgan fingerprint density at radius 3 is 2.79 bits per heavy atom. The molecule has 4 atom stereocenters. The number of benzene rings is 1. The predicted octanol–water partition coefficient (Wildman–Crippen LogP) is 0.451. The van der Waals surface area contributed by atoms with Gasteiger partial charge in [0.05, 0.1) is 4.75 Å². The van der Waals surface area contributed by atoms with Gasteiger partial charge in [-0.3, -0.25) is 9.59 Å². The van der Waals surface area contributed by atoms with Gasteiger partial charge in [-0.1, -0.05) is 18.2 Å². The molecule has 8 heteroatoms. The number of ether oxygens (including phenoxy) is 1. The highest BCUT2D eigenvalue weighted by molar-refractivity contribution is 8.02. The van der Waals surface area contributed by atoms with E-state index in [2.05, 4.69) is 5.32 Å². The van der Waals surface area contributed by atoms with Gasteiger partial charge >= 0.3 is 5.97 Å². The molecule has 1 saturated carbocycles. The third-order valence-electron chi connectivity index (χ3n) is 4.96. The Morgan fingerprint density at radius 2 is 2.12 bits per heavy atom. The van der Waals surface area contributed by atoms with Gasteiger partial charge in [-0.15, -0.1) is 11.8 Å². The summed E-state index contributed by atoms with van der Waals surface area (Å²) in [6.07, 6.45) is 0.458. The molecule has 7 nitrogen and oxygen atoms in total. The molecule has 2 saturated heterocycles. The van der Waals surface area contributed by atoms with Crippen molar-refractivity contribution in [3.05, 3.63) is 30.3 Å². The number of nitrogens with zero attached hydrogens (tertiary/aromatic N) is 1. The predicted molar refractivity (Wildman–Crippen MR) is 85.5 cm³/mol.